The number of allylic oxidation sites excluding steroid dienone is 6. The fourth-order valence-corrected chi connectivity index (χ4v) is 8.29. The van der Waals surface area contributed by atoms with Crippen LogP contribution in [0.15, 0.2) is 36.5 Å². The Labute approximate surface area is 385 Å². The summed E-state index contributed by atoms with van der Waals surface area (Å²) >= 11 is 0. The maximum absolute atomic E-state index is 13.2. The molecule has 0 saturated heterocycles. The monoisotopic (exact) mass is 872 g/mol. The Morgan fingerprint density at radius 3 is 1.31 bits per heavy atom. The maximum Gasteiger partial charge on any atom is 0.306 e. The summed E-state index contributed by atoms with van der Waals surface area (Å²) in [7, 11) is 0. The first-order valence-electron chi connectivity index (χ1n) is 27.2. The number of carbonyl (C=O) groups excluding carboxylic acids is 2. The van der Waals surface area contributed by atoms with Crippen LogP contribution >= 0.6 is 0 Å². The van der Waals surface area contributed by atoms with Crippen molar-refractivity contribution in [1.82, 2.24) is 5.32 Å². The van der Waals surface area contributed by atoms with Gasteiger partial charge in [0.1, 0.15) is 6.10 Å². The molecule has 0 heterocycles. The van der Waals surface area contributed by atoms with E-state index >= 15 is 0 Å². The summed E-state index contributed by atoms with van der Waals surface area (Å²) in [6.07, 6.45) is 59.2. The molecule has 3 N–H and O–H groups in total. The SMILES string of the molecule is CCCCC/C=C\C/C=C\CCCCCCCCCC(=O)OC(CCC/C=C\CCCCCCCCC)CC(=O)NC(CO)C(O)CCCCCCCCCCCCCCCC. The lowest BCUT2D eigenvalue weighted by Gasteiger charge is -2.24. The van der Waals surface area contributed by atoms with Gasteiger partial charge in [-0.3, -0.25) is 9.59 Å². The molecule has 364 valence electrons. The Kier molecular flexibility index (Phi) is 48.5. The lowest BCUT2D eigenvalue weighted by atomic mass is 10.0. The largest absolute Gasteiger partial charge is 0.462 e. The second-order valence-electron chi connectivity index (χ2n) is 18.6. The van der Waals surface area contributed by atoms with Crippen LogP contribution in [0, 0.1) is 0 Å². The zero-order chi connectivity index (χ0) is 45.2. The minimum absolute atomic E-state index is 0.0561. The van der Waals surface area contributed by atoms with Crippen LogP contribution in [0.5, 0.6) is 0 Å². The molecular weight excluding hydrogens is 767 g/mol. The number of rotatable bonds is 49. The average molecular weight is 872 g/mol. The van der Waals surface area contributed by atoms with Gasteiger partial charge in [0.25, 0.3) is 0 Å². The van der Waals surface area contributed by atoms with E-state index in [-0.39, 0.29) is 24.9 Å². The van der Waals surface area contributed by atoms with Crippen LogP contribution in [-0.4, -0.2) is 46.9 Å². The molecule has 0 radical (unpaired) electrons. The van der Waals surface area contributed by atoms with Crippen LogP contribution in [0.1, 0.15) is 284 Å². The van der Waals surface area contributed by atoms with Crippen molar-refractivity contribution in [1.29, 1.82) is 0 Å². The summed E-state index contributed by atoms with van der Waals surface area (Å²) < 4.78 is 5.92. The van der Waals surface area contributed by atoms with Crippen LogP contribution < -0.4 is 5.32 Å². The molecule has 6 heteroatoms. The summed E-state index contributed by atoms with van der Waals surface area (Å²) in [6, 6.07) is -0.709. The van der Waals surface area contributed by atoms with Crippen molar-refractivity contribution >= 4 is 11.9 Å². The third kappa shape index (κ3) is 44.7. The molecule has 0 aromatic heterocycles. The Balaban J connectivity index is 4.54. The minimum atomic E-state index is -0.794. The molecule has 0 spiro atoms. The number of unbranched alkanes of at least 4 members (excludes halogenated alkanes) is 31. The number of aliphatic hydroxyl groups is 2. The second kappa shape index (κ2) is 50.1. The molecule has 0 fully saturated rings. The zero-order valence-electron chi connectivity index (χ0n) is 41.5. The predicted octanol–water partition coefficient (Wildman–Crippen LogP) is 16.5. The van der Waals surface area contributed by atoms with E-state index in [4.69, 9.17) is 4.74 Å². The minimum Gasteiger partial charge on any atom is -0.462 e. The molecule has 0 saturated carbocycles. The molecule has 1 amide bonds. The van der Waals surface area contributed by atoms with Gasteiger partial charge in [-0.15, -0.1) is 0 Å². The Bertz CT molecular complexity index is 1020. The van der Waals surface area contributed by atoms with Crippen LogP contribution in [-0.2, 0) is 14.3 Å². The Hall–Kier alpha value is -1.92. The Morgan fingerprint density at radius 1 is 0.468 bits per heavy atom. The molecular formula is C56H105NO5. The lowest BCUT2D eigenvalue weighted by molar-refractivity contribution is -0.151. The van der Waals surface area contributed by atoms with Gasteiger partial charge in [0, 0.05) is 6.42 Å². The molecule has 0 aliphatic carbocycles. The summed E-state index contributed by atoms with van der Waals surface area (Å²) in [5.41, 5.74) is 0. The van der Waals surface area contributed by atoms with Crippen molar-refractivity contribution in [3.8, 4) is 0 Å². The molecule has 3 unspecified atom stereocenters. The predicted molar refractivity (Wildman–Crippen MR) is 269 cm³/mol. The van der Waals surface area contributed by atoms with Gasteiger partial charge >= 0.3 is 5.97 Å². The van der Waals surface area contributed by atoms with Crippen LogP contribution in [0.2, 0.25) is 0 Å². The maximum atomic E-state index is 13.2. The molecule has 0 rings (SSSR count). The number of nitrogens with one attached hydrogen (secondary N) is 1. The Morgan fingerprint density at radius 2 is 0.839 bits per heavy atom. The van der Waals surface area contributed by atoms with Gasteiger partial charge in [-0.1, -0.05) is 231 Å². The highest BCUT2D eigenvalue weighted by Gasteiger charge is 2.24. The zero-order valence-corrected chi connectivity index (χ0v) is 41.5. The summed E-state index contributed by atoms with van der Waals surface area (Å²) in [5.74, 6) is -0.502. The molecule has 0 aromatic rings. The van der Waals surface area contributed by atoms with E-state index < -0.39 is 18.2 Å². The third-order valence-electron chi connectivity index (χ3n) is 12.4. The van der Waals surface area contributed by atoms with Gasteiger partial charge in [0.15, 0.2) is 0 Å². The fraction of sp³-hybridized carbons (Fsp3) is 0.857. The molecule has 0 bridgehead atoms. The first kappa shape index (κ1) is 60.1. The number of ether oxygens (including phenoxy) is 1. The molecule has 0 aliphatic heterocycles. The van der Waals surface area contributed by atoms with Crippen molar-refractivity contribution in [2.75, 3.05) is 6.61 Å². The van der Waals surface area contributed by atoms with Gasteiger partial charge in [-0.25, -0.2) is 0 Å². The summed E-state index contributed by atoms with van der Waals surface area (Å²) in [4.78, 5) is 26.2. The summed E-state index contributed by atoms with van der Waals surface area (Å²) in [6.45, 7) is 6.46. The normalized spacial score (nSPS) is 13.4. The van der Waals surface area contributed by atoms with Crippen molar-refractivity contribution in [2.24, 2.45) is 0 Å². The van der Waals surface area contributed by atoms with Crippen molar-refractivity contribution in [3.63, 3.8) is 0 Å². The first-order valence-corrected chi connectivity index (χ1v) is 27.2. The average Bonchev–Trinajstić information content (AvgIpc) is 3.26. The number of hydrogen-bond acceptors (Lipinski definition) is 5. The van der Waals surface area contributed by atoms with Gasteiger partial charge in [0.05, 0.1) is 25.2 Å². The topological polar surface area (TPSA) is 95.9 Å². The van der Waals surface area contributed by atoms with Gasteiger partial charge < -0.3 is 20.3 Å². The van der Waals surface area contributed by atoms with E-state index in [9.17, 15) is 19.8 Å². The number of carbonyl (C=O) groups is 2. The molecule has 0 aliphatic rings. The molecule has 62 heavy (non-hydrogen) atoms. The van der Waals surface area contributed by atoms with Crippen molar-refractivity contribution in [2.45, 2.75) is 302 Å². The number of aliphatic hydroxyl groups excluding tert-OH is 2. The quantitative estimate of drug-likeness (QED) is 0.0321. The van der Waals surface area contributed by atoms with Gasteiger partial charge in [-0.05, 0) is 77.0 Å². The van der Waals surface area contributed by atoms with E-state index in [1.54, 1.807) is 0 Å². The smallest absolute Gasteiger partial charge is 0.306 e. The number of amides is 1. The molecule has 3 atom stereocenters. The van der Waals surface area contributed by atoms with E-state index in [0.717, 1.165) is 70.6 Å². The van der Waals surface area contributed by atoms with Crippen LogP contribution in [0.3, 0.4) is 0 Å². The van der Waals surface area contributed by atoms with Gasteiger partial charge in [0.2, 0.25) is 5.91 Å². The van der Waals surface area contributed by atoms with E-state index in [2.05, 4.69) is 62.5 Å². The number of hydrogen-bond donors (Lipinski definition) is 3. The van der Waals surface area contributed by atoms with Gasteiger partial charge in [-0.2, -0.15) is 0 Å². The molecule has 0 aromatic carbocycles. The second-order valence-corrected chi connectivity index (χ2v) is 18.6. The highest BCUT2D eigenvalue weighted by molar-refractivity contribution is 5.77. The fourth-order valence-electron chi connectivity index (χ4n) is 8.29. The van der Waals surface area contributed by atoms with Crippen LogP contribution in [0.4, 0.5) is 0 Å². The first-order chi connectivity index (χ1) is 30.5. The number of esters is 1. The van der Waals surface area contributed by atoms with Crippen LogP contribution in [0.25, 0.3) is 0 Å². The van der Waals surface area contributed by atoms with E-state index in [1.807, 2.05) is 0 Å². The van der Waals surface area contributed by atoms with Crippen molar-refractivity contribution in [3.05, 3.63) is 36.5 Å². The highest BCUT2D eigenvalue weighted by atomic mass is 16.5. The van der Waals surface area contributed by atoms with E-state index in [1.165, 1.54) is 167 Å². The molecule has 6 nitrogen and oxygen atoms in total. The van der Waals surface area contributed by atoms with E-state index in [0.29, 0.717) is 19.3 Å². The summed E-state index contributed by atoms with van der Waals surface area (Å²) in [5, 5.41) is 23.8. The third-order valence-corrected chi connectivity index (χ3v) is 12.4. The lowest BCUT2D eigenvalue weighted by Crippen LogP contribution is -2.46. The highest BCUT2D eigenvalue weighted by Crippen LogP contribution is 2.17. The van der Waals surface area contributed by atoms with Crippen molar-refractivity contribution < 1.29 is 24.5 Å². The standard InChI is InChI=1S/C56H105NO5/c1-4-7-10-13-16-19-22-25-27-28-29-31-34-37-40-43-46-49-56(61)62-52(47-44-41-38-35-32-24-21-18-15-12-9-6-3)50-55(60)57-53(51-58)54(59)48-45-42-39-36-33-30-26-23-20-17-14-11-8-5-2/h16,19,25,27,35,38,52-54,58-59H,4-15,17-18,20-24,26,28-34,36-37,39-51H2,1-3H3,(H,57,60)/b19-16-,27-25-,38-35-.